The summed E-state index contributed by atoms with van der Waals surface area (Å²) in [4.78, 5) is 47.9. The molecule has 0 bridgehead atoms. The van der Waals surface area contributed by atoms with Gasteiger partial charge in [0.25, 0.3) is 5.69 Å². The summed E-state index contributed by atoms with van der Waals surface area (Å²) in [6, 6.07) is 9.93. The van der Waals surface area contributed by atoms with Crippen LogP contribution in [0.1, 0.15) is 39.6 Å². The van der Waals surface area contributed by atoms with Gasteiger partial charge in [0.1, 0.15) is 11.8 Å². The Kier molecular flexibility index (Phi) is 5.58. The molecule has 1 saturated heterocycles. The first-order valence-corrected chi connectivity index (χ1v) is 8.83. The number of ether oxygens (including phenoxy) is 2. The summed E-state index contributed by atoms with van der Waals surface area (Å²) in [5, 5.41) is 13.9. The molecule has 3 rings (SSSR count). The van der Waals surface area contributed by atoms with Crippen LogP contribution in [-0.2, 0) is 14.3 Å². The molecule has 9 nitrogen and oxygen atoms in total. The SMILES string of the molecule is CNc1ccc(C(=O)c2ccccc2C(=O)OC2CC(C)OC2=O)cc1[N+](=O)[O-]. The summed E-state index contributed by atoms with van der Waals surface area (Å²) < 4.78 is 10.2. The van der Waals surface area contributed by atoms with E-state index >= 15 is 0 Å². The van der Waals surface area contributed by atoms with Crippen molar-refractivity contribution in [2.75, 3.05) is 12.4 Å². The van der Waals surface area contributed by atoms with E-state index in [0.717, 1.165) is 6.07 Å². The van der Waals surface area contributed by atoms with Crippen molar-refractivity contribution in [3.05, 3.63) is 69.3 Å². The number of nitrogens with one attached hydrogen (secondary N) is 1. The lowest BCUT2D eigenvalue weighted by Crippen LogP contribution is -2.24. The topological polar surface area (TPSA) is 125 Å². The fraction of sp³-hybridized carbons (Fsp3) is 0.250. The van der Waals surface area contributed by atoms with Gasteiger partial charge >= 0.3 is 11.9 Å². The minimum Gasteiger partial charge on any atom is -0.460 e. The number of esters is 2. The van der Waals surface area contributed by atoms with E-state index in [1.165, 1.54) is 31.3 Å². The van der Waals surface area contributed by atoms with Crippen molar-refractivity contribution in [3.63, 3.8) is 0 Å². The lowest BCUT2D eigenvalue weighted by Gasteiger charge is -2.12. The first kappa shape index (κ1) is 20.0. The number of carbonyl (C=O) groups excluding carboxylic acids is 3. The number of anilines is 1. The largest absolute Gasteiger partial charge is 0.460 e. The van der Waals surface area contributed by atoms with Gasteiger partial charge < -0.3 is 14.8 Å². The average Bonchev–Trinajstić information content (AvgIpc) is 3.03. The van der Waals surface area contributed by atoms with E-state index in [1.54, 1.807) is 19.1 Å². The van der Waals surface area contributed by atoms with Crippen LogP contribution in [0.4, 0.5) is 11.4 Å². The summed E-state index contributed by atoms with van der Waals surface area (Å²) in [5.41, 5.74) is 0.0210. The van der Waals surface area contributed by atoms with Crippen LogP contribution in [0.2, 0.25) is 0 Å². The van der Waals surface area contributed by atoms with Crippen molar-refractivity contribution < 1.29 is 28.8 Å². The van der Waals surface area contributed by atoms with Gasteiger partial charge in [0, 0.05) is 30.7 Å². The van der Waals surface area contributed by atoms with Gasteiger partial charge in [-0.15, -0.1) is 0 Å². The van der Waals surface area contributed by atoms with Crippen molar-refractivity contribution >= 4 is 29.1 Å². The standard InChI is InChI=1S/C20H18N2O7/c1-11-9-17(20(25)28-11)29-19(24)14-6-4-3-5-13(14)18(23)12-7-8-15(21-2)16(10-12)22(26)27/h3-8,10-11,17,21H,9H2,1-2H3. The molecule has 1 aliphatic rings. The lowest BCUT2D eigenvalue weighted by molar-refractivity contribution is -0.384. The molecule has 0 spiro atoms. The molecule has 0 amide bonds. The molecule has 1 heterocycles. The predicted molar refractivity (Wildman–Crippen MR) is 102 cm³/mol. The summed E-state index contributed by atoms with van der Waals surface area (Å²) in [6.07, 6.45) is -1.15. The fourth-order valence-electron chi connectivity index (χ4n) is 3.06. The molecule has 1 N–H and O–H groups in total. The highest BCUT2D eigenvalue weighted by molar-refractivity contribution is 6.15. The van der Waals surface area contributed by atoms with E-state index in [0.29, 0.717) is 0 Å². The Balaban J connectivity index is 1.91. The highest BCUT2D eigenvalue weighted by Crippen LogP contribution is 2.27. The van der Waals surface area contributed by atoms with Gasteiger partial charge in [0.15, 0.2) is 5.78 Å². The van der Waals surface area contributed by atoms with Crippen LogP contribution in [-0.4, -0.2) is 41.9 Å². The molecule has 2 unspecified atom stereocenters. The Hall–Kier alpha value is -3.75. The molecule has 29 heavy (non-hydrogen) atoms. The Bertz CT molecular complexity index is 1000. The van der Waals surface area contributed by atoms with Crippen molar-refractivity contribution in [2.24, 2.45) is 0 Å². The van der Waals surface area contributed by atoms with E-state index in [4.69, 9.17) is 9.47 Å². The molecule has 0 aliphatic carbocycles. The number of hydrogen-bond donors (Lipinski definition) is 1. The van der Waals surface area contributed by atoms with Gasteiger partial charge in [0.05, 0.1) is 10.5 Å². The molecule has 1 aliphatic heterocycles. The number of nitrogens with zero attached hydrogens (tertiary/aromatic N) is 1. The van der Waals surface area contributed by atoms with Gasteiger partial charge in [-0.1, -0.05) is 18.2 Å². The molecule has 9 heteroatoms. The maximum Gasteiger partial charge on any atom is 0.347 e. The molecular formula is C20H18N2O7. The number of nitro benzene ring substituents is 1. The van der Waals surface area contributed by atoms with Crippen molar-refractivity contribution in [3.8, 4) is 0 Å². The molecule has 2 atom stereocenters. The highest BCUT2D eigenvalue weighted by Gasteiger charge is 2.36. The zero-order valence-electron chi connectivity index (χ0n) is 15.7. The molecule has 0 radical (unpaired) electrons. The molecule has 0 saturated carbocycles. The average molecular weight is 398 g/mol. The van der Waals surface area contributed by atoms with E-state index in [2.05, 4.69) is 5.32 Å². The minimum absolute atomic E-state index is 0.0171. The Morgan fingerprint density at radius 1 is 1.21 bits per heavy atom. The molecule has 150 valence electrons. The fourth-order valence-corrected chi connectivity index (χ4v) is 3.06. The monoisotopic (exact) mass is 398 g/mol. The number of hydrogen-bond acceptors (Lipinski definition) is 8. The summed E-state index contributed by atoms with van der Waals surface area (Å²) in [6.45, 7) is 1.69. The van der Waals surface area contributed by atoms with Gasteiger partial charge in [-0.3, -0.25) is 14.9 Å². The second-order valence-corrected chi connectivity index (χ2v) is 6.49. The smallest absolute Gasteiger partial charge is 0.347 e. The van der Waals surface area contributed by atoms with Crippen molar-refractivity contribution in [1.82, 2.24) is 0 Å². The van der Waals surface area contributed by atoms with Crippen molar-refractivity contribution in [1.29, 1.82) is 0 Å². The Morgan fingerprint density at radius 2 is 1.90 bits per heavy atom. The van der Waals surface area contributed by atoms with Crippen LogP contribution in [0.25, 0.3) is 0 Å². The third-order valence-corrected chi connectivity index (χ3v) is 4.49. The second kappa shape index (κ2) is 8.09. The van der Waals surface area contributed by atoms with Crippen LogP contribution in [0.3, 0.4) is 0 Å². The van der Waals surface area contributed by atoms with Crippen LogP contribution in [0.5, 0.6) is 0 Å². The molecule has 2 aromatic carbocycles. The van der Waals surface area contributed by atoms with Gasteiger partial charge in [0.2, 0.25) is 6.10 Å². The quantitative estimate of drug-likeness (QED) is 0.341. The van der Waals surface area contributed by atoms with Gasteiger partial charge in [-0.25, -0.2) is 9.59 Å². The van der Waals surface area contributed by atoms with Crippen LogP contribution in [0.15, 0.2) is 42.5 Å². The van der Waals surface area contributed by atoms with Crippen LogP contribution in [0, 0.1) is 10.1 Å². The third kappa shape index (κ3) is 4.08. The van der Waals surface area contributed by atoms with E-state index in [9.17, 15) is 24.5 Å². The molecule has 2 aromatic rings. The highest BCUT2D eigenvalue weighted by atomic mass is 16.6. The number of carbonyl (C=O) groups is 3. The van der Waals surface area contributed by atoms with Crippen LogP contribution >= 0.6 is 0 Å². The third-order valence-electron chi connectivity index (χ3n) is 4.49. The second-order valence-electron chi connectivity index (χ2n) is 6.49. The zero-order chi connectivity index (χ0) is 21.1. The van der Waals surface area contributed by atoms with Crippen molar-refractivity contribution in [2.45, 2.75) is 25.6 Å². The number of rotatable bonds is 6. The molecule has 0 aromatic heterocycles. The van der Waals surface area contributed by atoms with E-state index in [-0.39, 0.29) is 40.6 Å². The van der Waals surface area contributed by atoms with Gasteiger partial charge in [-0.05, 0) is 25.1 Å². The maximum absolute atomic E-state index is 13.0. The molecule has 1 fully saturated rings. The normalized spacial score (nSPS) is 18.1. The Morgan fingerprint density at radius 3 is 2.48 bits per heavy atom. The minimum atomic E-state index is -1.03. The lowest BCUT2D eigenvalue weighted by atomic mass is 9.97. The predicted octanol–water partition coefficient (Wildman–Crippen LogP) is 2.73. The number of cyclic esters (lactones) is 1. The number of nitro groups is 1. The first-order chi connectivity index (χ1) is 13.8. The molecular weight excluding hydrogens is 380 g/mol. The first-order valence-electron chi connectivity index (χ1n) is 8.83. The maximum atomic E-state index is 13.0. The summed E-state index contributed by atoms with van der Waals surface area (Å²) >= 11 is 0. The number of ketones is 1. The Labute approximate surface area is 165 Å². The zero-order valence-corrected chi connectivity index (χ0v) is 15.7. The van der Waals surface area contributed by atoms with Gasteiger partial charge in [-0.2, -0.15) is 0 Å². The summed E-state index contributed by atoms with van der Waals surface area (Å²) in [5.74, 6) is -2.05. The number of benzene rings is 2. The van der Waals surface area contributed by atoms with E-state index < -0.39 is 28.7 Å². The van der Waals surface area contributed by atoms with Crippen LogP contribution < -0.4 is 5.32 Å². The summed E-state index contributed by atoms with van der Waals surface area (Å²) in [7, 11) is 1.53. The van der Waals surface area contributed by atoms with E-state index in [1.807, 2.05) is 0 Å².